The molecular formula is C17H15FN2O. The van der Waals surface area contributed by atoms with Crippen LogP contribution in [0.2, 0.25) is 0 Å². The number of phenols is 1. The lowest BCUT2D eigenvalue weighted by Crippen LogP contribution is -2.01. The summed E-state index contributed by atoms with van der Waals surface area (Å²) in [6, 6.07) is 14.2. The lowest BCUT2D eigenvalue weighted by molar-refractivity contribution is 0.471. The molecule has 21 heavy (non-hydrogen) atoms. The van der Waals surface area contributed by atoms with Gasteiger partial charge in [-0.25, -0.2) is 4.39 Å². The van der Waals surface area contributed by atoms with Crippen molar-refractivity contribution in [1.82, 2.24) is 9.78 Å². The summed E-state index contributed by atoms with van der Waals surface area (Å²) < 4.78 is 14.8. The monoisotopic (exact) mass is 282 g/mol. The van der Waals surface area contributed by atoms with Crippen LogP contribution in [0, 0.1) is 5.82 Å². The molecule has 106 valence electrons. The quantitative estimate of drug-likeness (QED) is 0.793. The fraction of sp³-hybridized carbons (Fsp3) is 0.118. The van der Waals surface area contributed by atoms with Crippen molar-refractivity contribution < 1.29 is 9.50 Å². The van der Waals surface area contributed by atoms with Gasteiger partial charge in [0.1, 0.15) is 11.6 Å². The summed E-state index contributed by atoms with van der Waals surface area (Å²) in [5.74, 6) is -0.523. The zero-order valence-corrected chi connectivity index (χ0v) is 11.4. The topological polar surface area (TPSA) is 38.1 Å². The summed E-state index contributed by atoms with van der Waals surface area (Å²) in [6.07, 6.45) is 4.42. The maximum Gasteiger partial charge on any atom is 0.126 e. The number of halogens is 1. The highest BCUT2D eigenvalue weighted by Crippen LogP contribution is 2.29. The number of hydrogen-bond donors (Lipinski definition) is 1. The lowest BCUT2D eigenvalue weighted by atomic mass is 10.1. The third kappa shape index (κ3) is 3.11. The van der Waals surface area contributed by atoms with Crippen LogP contribution in [-0.2, 0) is 13.0 Å². The number of rotatable bonds is 4. The van der Waals surface area contributed by atoms with E-state index < -0.39 is 5.82 Å². The third-order valence-corrected chi connectivity index (χ3v) is 3.38. The first-order valence-corrected chi connectivity index (χ1v) is 6.77. The van der Waals surface area contributed by atoms with Crippen LogP contribution < -0.4 is 0 Å². The van der Waals surface area contributed by atoms with Crippen molar-refractivity contribution in [2.24, 2.45) is 0 Å². The van der Waals surface area contributed by atoms with Gasteiger partial charge in [-0.15, -0.1) is 0 Å². The molecule has 0 unspecified atom stereocenters. The predicted molar refractivity (Wildman–Crippen MR) is 79.4 cm³/mol. The van der Waals surface area contributed by atoms with Crippen molar-refractivity contribution in [2.75, 3.05) is 0 Å². The highest BCUT2D eigenvalue weighted by Gasteiger charge is 2.08. The highest BCUT2D eigenvalue weighted by molar-refractivity contribution is 5.68. The molecule has 1 N–H and O–H groups in total. The van der Waals surface area contributed by atoms with Gasteiger partial charge >= 0.3 is 0 Å². The molecule has 0 aliphatic carbocycles. The van der Waals surface area contributed by atoms with E-state index in [9.17, 15) is 9.50 Å². The van der Waals surface area contributed by atoms with E-state index in [0.717, 1.165) is 24.6 Å². The Balaban J connectivity index is 1.74. The number of aromatic nitrogens is 2. The van der Waals surface area contributed by atoms with E-state index in [-0.39, 0.29) is 5.75 Å². The van der Waals surface area contributed by atoms with Crippen molar-refractivity contribution in [3.05, 3.63) is 72.3 Å². The molecule has 0 fully saturated rings. The van der Waals surface area contributed by atoms with E-state index in [4.69, 9.17) is 0 Å². The van der Waals surface area contributed by atoms with Crippen LogP contribution in [0.25, 0.3) is 11.1 Å². The lowest BCUT2D eigenvalue weighted by Gasteiger charge is -2.02. The molecule has 3 nitrogen and oxygen atoms in total. The van der Waals surface area contributed by atoms with Gasteiger partial charge in [0.15, 0.2) is 0 Å². The standard InChI is InChI=1S/C17H15FN2O/c18-15-6-7-16(17(21)10-15)14-11-19-20(12-14)9-8-13-4-2-1-3-5-13/h1-7,10-12,21H,8-9H2. The van der Waals surface area contributed by atoms with E-state index in [1.807, 2.05) is 29.1 Å². The van der Waals surface area contributed by atoms with Crippen molar-refractivity contribution >= 4 is 0 Å². The molecular weight excluding hydrogens is 267 g/mol. The fourth-order valence-corrected chi connectivity index (χ4v) is 2.26. The zero-order valence-electron chi connectivity index (χ0n) is 11.4. The Morgan fingerprint density at radius 3 is 2.67 bits per heavy atom. The molecule has 0 saturated carbocycles. The van der Waals surface area contributed by atoms with Crippen LogP contribution in [0.15, 0.2) is 60.9 Å². The van der Waals surface area contributed by atoms with E-state index in [0.29, 0.717) is 5.56 Å². The van der Waals surface area contributed by atoms with Gasteiger partial charge in [0, 0.05) is 29.9 Å². The minimum Gasteiger partial charge on any atom is -0.507 e. The molecule has 0 bridgehead atoms. The van der Waals surface area contributed by atoms with Gasteiger partial charge in [-0.05, 0) is 24.1 Å². The Morgan fingerprint density at radius 1 is 1.10 bits per heavy atom. The van der Waals surface area contributed by atoms with Crippen LogP contribution >= 0.6 is 0 Å². The summed E-state index contributed by atoms with van der Waals surface area (Å²) in [4.78, 5) is 0. The van der Waals surface area contributed by atoms with Gasteiger partial charge in [-0.2, -0.15) is 5.10 Å². The Bertz CT molecular complexity index is 738. The molecule has 0 aliphatic heterocycles. The SMILES string of the molecule is Oc1cc(F)ccc1-c1cnn(CCc2ccccc2)c1. The molecule has 0 saturated heterocycles. The first-order chi connectivity index (χ1) is 10.2. The molecule has 0 radical (unpaired) electrons. The molecule has 3 aromatic rings. The number of aryl methyl sites for hydroxylation is 2. The van der Waals surface area contributed by atoms with Crippen LogP contribution in [0.3, 0.4) is 0 Å². The van der Waals surface area contributed by atoms with E-state index in [1.165, 1.54) is 11.6 Å². The summed E-state index contributed by atoms with van der Waals surface area (Å²) in [5, 5.41) is 14.1. The molecule has 0 spiro atoms. The highest BCUT2D eigenvalue weighted by atomic mass is 19.1. The van der Waals surface area contributed by atoms with E-state index in [2.05, 4.69) is 17.2 Å². The first kappa shape index (κ1) is 13.4. The van der Waals surface area contributed by atoms with Crippen LogP contribution in [-0.4, -0.2) is 14.9 Å². The van der Waals surface area contributed by atoms with Gasteiger partial charge in [-0.3, -0.25) is 4.68 Å². The van der Waals surface area contributed by atoms with Crippen LogP contribution in [0.5, 0.6) is 5.75 Å². The second-order valence-electron chi connectivity index (χ2n) is 4.89. The fourth-order valence-electron chi connectivity index (χ4n) is 2.26. The number of aromatic hydroxyl groups is 1. The van der Waals surface area contributed by atoms with E-state index >= 15 is 0 Å². The molecule has 1 heterocycles. The van der Waals surface area contributed by atoms with Gasteiger partial charge in [0.05, 0.1) is 6.20 Å². The smallest absolute Gasteiger partial charge is 0.126 e. The molecule has 0 aliphatic rings. The van der Waals surface area contributed by atoms with Crippen molar-refractivity contribution in [3.63, 3.8) is 0 Å². The maximum absolute atomic E-state index is 13.0. The molecule has 3 rings (SSSR count). The van der Waals surface area contributed by atoms with Crippen molar-refractivity contribution in [2.45, 2.75) is 13.0 Å². The summed E-state index contributed by atoms with van der Waals surface area (Å²) >= 11 is 0. The van der Waals surface area contributed by atoms with Crippen LogP contribution in [0.1, 0.15) is 5.56 Å². The number of hydrogen-bond acceptors (Lipinski definition) is 2. The average molecular weight is 282 g/mol. The number of nitrogens with zero attached hydrogens (tertiary/aromatic N) is 2. The van der Waals surface area contributed by atoms with Gasteiger partial charge in [-0.1, -0.05) is 30.3 Å². The maximum atomic E-state index is 13.0. The Labute approximate surface area is 122 Å². The normalized spacial score (nSPS) is 10.7. The van der Waals surface area contributed by atoms with Gasteiger partial charge in [0.2, 0.25) is 0 Å². The van der Waals surface area contributed by atoms with E-state index in [1.54, 1.807) is 12.3 Å². The first-order valence-electron chi connectivity index (χ1n) is 6.77. The second-order valence-corrected chi connectivity index (χ2v) is 4.89. The Morgan fingerprint density at radius 2 is 1.90 bits per heavy atom. The zero-order chi connectivity index (χ0) is 14.7. The number of benzene rings is 2. The third-order valence-electron chi connectivity index (χ3n) is 3.38. The molecule has 1 aromatic heterocycles. The minimum absolute atomic E-state index is 0.0717. The second kappa shape index (κ2) is 5.79. The molecule has 2 aromatic carbocycles. The predicted octanol–water partition coefficient (Wildman–Crippen LogP) is 3.64. The Hall–Kier alpha value is -2.62. The Kier molecular flexibility index (Phi) is 3.69. The molecule has 0 amide bonds. The van der Waals surface area contributed by atoms with Crippen LogP contribution in [0.4, 0.5) is 4.39 Å². The average Bonchev–Trinajstić information content (AvgIpc) is 2.95. The largest absolute Gasteiger partial charge is 0.507 e. The molecule has 0 atom stereocenters. The molecule has 4 heteroatoms. The summed E-state index contributed by atoms with van der Waals surface area (Å²) in [7, 11) is 0. The van der Waals surface area contributed by atoms with Gasteiger partial charge in [0.25, 0.3) is 0 Å². The van der Waals surface area contributed by atoms with Crippen molar-refractivity contribution in [1.29, 1.82) is 0 Å². The van der Waals surface area contributed by atoms with Crippen molar-refractivity contribution in [3.8, 4) is 16.9 Å². The number of phenolic OH excluding ortho intramolecular Hbond substituents is 1. The summed E-state index contributed by atoms with van der Waals surface area (Å²) in [6.45, 7) is 0.756. The van der Waals surface area contributed by atoms with Gasteiger partial charge < -0.3 is 5.11 Å². The summed E-state index contributed by atoms with van der Waals surface area (Å²) in [5.41, 5.74) is 2.61. The minimum atomic E-state index is -0.451.